The van der Waals surface area contributed by atoms with Gasteiger partial charge in [0.25, 0.3) is 5.91 Å². The fraction of sp³-hybridized carbons (Fsp3) is 0.391. The molecule has 0 spiro atoms. The lowest BCUT2D eigenvalue weighted by atomic mass is 9.97. The largest absolute Gasteiger partial charge is 0.368 e. The summed E-state index contributed by atoms with van der Waals surface area (Å²) < 4.78 is 33.1. The number of aromatic amines is 1. The topological polar surface area (TPSA) is 104 Å². The highest BCUT2D eigenvalue weighted by atomic mass is 32.2. The Hall–Kier alpha value is -2.75. The van der Waals surface area contributed by atoms with Gasteiger partial charge in [0.1, 0.15) is 11.9 Å². The first-order valence-electron chi connectivity index (χ1n) is 11.0. The molecular formula is C23H26N4O4S. The fourth-order valence-corrected chi connectivity index (χ4v) is 5.87. The van der Waals surface area contributed by atoms with Gasteiger partial charge in [-0.25, -0.2) is 13.4 Å². The van der Waals surface area contributed by atoms with E-state index in [1.165, 1.54) is 4.31 Å². The molecule has 3 heterocycles. The number of nitrogens with one attached hydrogen (secondary N) is 2. The zero-order valence-electron chi connectivity index (χ0n) is 17.7. The Morgan fingerprint density at radius 3 is 2.50 bits per heavy atom. The SMILES string of the molecule is O=C(Nc1ccc(S(=O)(=O)N2CCC(c3nc4ccccc4[nH]3)CC2)cc1)C1CCCO1. The number of para-hydroxylation sites is 2. The number of piperidine rings is 1. The third-order valence-corrected chi connectivity index (χ3v) is 8.14. The fourth-order valence-electron chi connectivity index (χ4n) is 4.40. The minimum Gasteiger partial charge on any atom is -0.368 e. The highest BCUT2D eigenvalue weighted by molar-refractivity contribution is 7.89. The van der Waals surface area contributed by atoms with E-state index in [1.54, 1.807) is 24.3 Å². The van der Waals surface area contributed by atoms with Crippen LogP contribution in [-0.2, 0) is 19.6 Å². The maximum atomic E-state index is 13.1. The number of hydrogen-bond acceptors (Lipinski definition) is 5. The van der Waals surface area contributed by atoms with E-state index < -0.39 is 16.1 Å². The van der Waals surface area contributed by atoms with Crippen LogP contribution in [-0.4, -0.2) is 54.4 Å². The predicted molar refractivity (Wildman–Crippen MR) is 121 cm³/mol. The molecule has 0 saturated carbocycles. The second kappa shape index (κ2) is 8.65. The minimum atomic E-state index is -3.59. The Kier molecular flexibility index (Phi) is 5.71. The molecule has 168 valence electrons. The number of anilines is 1. The van der Waals surface area contributed by atoms with Crippen LogP contribution in [0.2, 0.25) is 0 Å². The van der Waals surface area contributed by atoms with Crippen molar-refractivity contribution in [1.29, 1.82) is 0 Å². The van der Waals surface area contributed by atoms with Gasteiger partial charge in [0.2, 0.25) is 10.0 Å². The van der Waals surface area contributed by atoms with Gasteiger partial charge in [-0.2, -0.15) is 4.31 Å². The molecule has 2 aromatic carbocycles. The molecule has 2 fully saturated rings. The van der Waals surface area contributed by atoms with Gasteiger partial charge in [0, 0.05) is 31.3 Å². The number of amides is 1. The summed E-state index contributed by atoms with van der Waals surface area (Å²) in [7, 11) is -3.59. The third-order valence-electron chi connectivity index (χ3n) is 6.23. The number of imidazole rings is 1. The van der Waals surface area contributed by atoms with Crippen LogP contribution in [0, 0.1) is 0 Å². The number of hydrogen-bond donors (Lipinski definition) is 2. The summed E-state index contributed by atoms with van der Waals surface area (Å²) in [4.78, 5) is 20.5. The van der Waals surface area contributed by atoms with E-state index >= 15 is 0 Å². The maximum Gasteiger partial charge on any atom is 0.253 e. The van der Waals surface area contributed by atoms with Crippen molar-refractivity contribution in [3.8, 4) is 0 Å². The second-order valence-electron chi connectivity index (χ2n) is 8.33. The summed E-state index contributed by atoms with van der Waals surface area (Å²) in [5.74, 6) is 0.949. The summed E-state index contributed by atoms with van der Waals surface area (Å²) in [5, 5.41) is 2.79. The normalized spacial score (nSPS) is 20.6. The van der Waals surface area contributed by atoms with Crippen LogP contribution < -0.4 is 5.32 Å². The maximum absolute atomic E-state index is 13.1. The predicted octanol–water partition coefficient (Wildman–Crippen LogP) is 3.25. The summed E-state index contributed by atoms with van der Waals surface area (Å²) in [6.07, 6.45) is 2.60. The molecule has 0 aliphatic carbocycles. The molecule has 1 aromatic heterocycles. The lowest BCUT2D eigenvalue weighted by molar-refractivity contribution is -0.124. The molecule has 2 saturated heterocycles. The minimum absolute atomic E-state index is 0.189. The van der Waals surface area contributed by atoms with Crippen molar-refractivity contribution in [2.24, 2.45) is 0 Å². The number of nitrogens with zero attached hydrogens (tertiary/aromatic N) is 2. The number of aromatic nitrogens is 2. The molecule has 2 aliphatic heterocycles. The van der Waals surface area contributed by atoms with E-state index in [2.05, 4.69) is 15.3 Å². The second-order valence-corrected chi connectivity index (χ2v) is 10.3. The molecule has 5 rings (SSSR count). The van der Waals surface area contributed by atoms with E-state index in [4.69, 9.17) is 4.74 Å². The zero-order chi connectivity index (χ0) is 22.1. The molecule has 1 unspecified atom stereocenters. The monoisotopic (exact) mass is 454 g/mol. The molecule has 2 aliphatic rings. The number of ether oxygens (including phenoxy) is 1. The van der Waals surface area contributed by atoms with E-state index in [9.17, 15) is 13.2 Å². The number of carbonyl (C=O) groups excluding carboxylic acids is 1. The Bertz CT molecular complexity index is 1180. The van der Waals surface area contributed by atoms with Crippen LogP contribution in [0.25, 0.3) is 11.0 Å². The van der Waals surface area contributed by atoms with Crippen molar-refractivity contribution in [2.45, 2.75) is 42.6 Å². The molecule has 0 radical (unpaired) electrons. The Labute approximate surface area is 187 Å². The molecule has 32 heavy (non-hydrogen) atoms. The number of H-pyrrole nitrogens is 1. The number of fused-ring (bicyclic) bond motifs is 1. The Balaban J connectivity index is 1.22. The first-order valence-corrected chi connectivity index (χ1v) is 12.4. The Morgan fingerprint density at radius 1 is 1.06 bits per heavy atom. The van der Waals surface area contributed by atoms with E-state index in [1.807, 2.05) is 24.3 Å². The van der Waals surface area contributed by atoms with Crippen LogP contribution in [0.5, 0.6) is 0 Å². The van der Waals surface area contributed by atoms with Crippen molar-refractivity contribution in [3.05, 3.63) is 54.4 Å². The van der Waals surface area contributed by atoms with Gasteiger partial charge in [0.05, 0.1) is 15.9 Å². The third kappa shape index (κ3) is 4.15. The summed E-state index contributed by atoms with van der Waals surface area (Å²) in [6.45, 7) is 1.49. The molecule has 2 N–H and O–H groups in total. The van der Waals surface area contributed by atoms with Crippen LogP contribution in [0.4, 0.5) is 5.69 Å². The van der Waals surface area contributed by atoms with Gasteiger partial charge in [-0.05, 0) is 62.1 Å². The molecule has 3 aromatic rings. The summed E-state index contributed by atoms with van der Waals surface area (Å²) >= 11 is 0. The molecular weight excluding hydrogens is 428 g/mol. The number of carbonyl (C=O) groups is 1. The first kappa shape index (κ1) is 21.1. The molecule has 0 bridgehead atoms. The lowest BCUT2D eigenvalue weighted by Crippen LogP contribution is -2.38. The zero-order valence-corrected chi connectivity index (χ0v) is 18.5. The van der Waals surface area contributed by atoms with E-state index in [0.29, 0.717) is 44.6 Å². The quantitative estimate of drug-likeness (QED) is 0.616. The molecule has 8 nitrogen and oxygen atoms in total. The Morgan fingerprint density at radius 2 is 1.81 bits per heavy atom. The van der Waals surface area contributed by atoms with Gasteiger partial charge in [-0.15, -0.1) is 0 Å². The van der Waals surface area contributed by atoms with Crippen LogP contribution >= 0.6 is 0 Å². The van der Waals surface area contributed by atoms with Gasteiger partial charge in [-0.1, -0.05) is 12.1 Å². The van der Waals surface area contributed by atoms with Gasteiger partial charge >= 0.3 is 0 Å². The van der Waals surface area contributed by atoms with Gasteiger partial charge in [-0.3, -0.25) is 4.79 Å². The van der Waals surface area contributed by atoms with E-state index in [0.717, 1.165) is 23.3 Å². The number of sulfonamides is 1. The summed E-state index contributed by atoms with van der Waals surface area (Å²) in [6, 6.07) is 14.2. The average Bonchev–Trinajstić information content (AvgIpc) is 3.50. The lowest BCUT2D eigenvalue weighted by Gasteiger charge is -2.30. The number of rotatable bonds is 5. The highest BCUT2D eigenvalue weighted by Crippen LogP contribution is 2.30. The van der Waals surface area contributed by atoms with Gasteiger partial charge < -0.3 is 15.0 Å². The highest BCUT2D eigenvalue weighted by Gasteiger charge is 2.31. The van der Waals surface area contributed by atoms with Crippen molar-refractivity contribution >= 4 is 32.7 Å². The smallest absolute Gasteiger partial charge is 0.253 e. The van der Waals surface area contributed by atoms with Crippen molar-refractivity contribution in [1.82, 2.24) is 14.3 Å². The van der Waals surface area contributed by atoms with Crippen LogP contribution in [0.15, 0.2) is 53.4 Å². The van der Waals surface area contributed by atoms with Crippen molar-refractivity contribution in [3.63, 3.8) is 0 Å². The molecule has 1 amide bonds. The summed E-state index contributed by atoms with van der Waals surface area (Å²) in [5.41, 5.74) is 2.50. The average molecular weight is 455 g/mol. The van der Waals surface area contributed by atoms with Gasteiger partial charge in [0.15, 0.2) is 0 Å². The standard InChI is InChI=1S/C23H26N4O4S/c28-23(21-6-3-15-31-21)24-17-7-9-18(10-8-17)32(29,30)27-13-11-16(12-14-27)22-25-19-4-1-2-5-20(19)26-22/h1-2,4-5,7-10,16,21H,3,6,11-15H2,(H,24,28)(H,25,26). The van der Waals surface area contributed by atoms with Crippen LogP contribution in [0.3, 0.4) is 0 Å². The molecule has 9 heteroatoms. The van der Waals surface area contributed by atoms with E-state index in [-0.39, 0.29) is 16.7 Å². The first-order chi connectivity index (χ1) is 15.5. The number of benzene rings is 2. The van der Waals surface area contributed by atoms with Crippen molar-refractivity contribution < 1.29 is 17.9 Å². The van der Waals surface area contributed by atoms with Crippen molar-refractivity contribution in [2.75, 3.05) is 25.0 Å². The van der Waals surface area contributed by atoms with Crippen LogP contribution in [0.1, 0.15) is 37.4 Å². The molecule has 1 atom stereocenters.